The number of nitrogens with zero attached hydrogens (tertiary/aromatic N) is 1. The number of sulfonamides is 1. The van der Waals surface area contributed by atoms with Crippen LogP contribution in [-0.2, 0) is 16.2 Å². The molecule has 0 unspecified atom stereocenters. The van der Waals surface area contributed by atoms with Gasteiger partial charge in [0.1, 0.15) is 5.75 Å². The first-order valence-corrected chi connectivity index (χ1v) is 8.05. The summed E-state index contributed by atoms with van der Waals surface area (Å²) >= 11 is 0. The maximum absolute atomic E-state index is 12.5. The first-order chi connectivity index (χ1) is 11.5. The summed E-state index contributed by atoms with van der Waals surface area (Å²) in [6, 6.07) is 6.34. The molecule has 0 radical (unpaired) electrons. The Morgan fingerprint density at radius 3 is 2.20 bits per heavy atom. The summed E-state index contributed by atoms with van der Waals surface area (Å²) < 4.78 is 69.0. The third-order valence-corrected chi connectivity index (χ3v) is 4.55. The molecule has 0 aliphatic rings. The second-order valence-electron chi connectivity index (χ2n) is 4.77. The number of rotatable bonds is 5. The Morgan fingerprint density at radius 1 is 1.12 bits per heavy atom. The van der Waals surface area contributed by atoms with Crippen LogP contribution in [0.3, 0.4) is 0 Å². The number of nitro groups is 1. The van der Waals surface area contributed by atoms with Crippen LogP contribution < -0.4 is 9.46 Å². The lowest BCUT2D eigenvalue weighted by molar-refractivity contribution is -0.387. The lowest BCUT2D eigenvalue weighted by Crippen LogP contribution is -2.15. The van der Waals surface area contributed by atoms with E-state index >= 15 is 0 Å². The predicted octanol–water partition coefficient (Wildman–Crippen LogP) is 3.42. The molecule has 0 aliphatic heterocycles. The van der Waals surface area contributed by atoms with Gasteiger partial charge in [-0.1, -0.05) is 0 Å². The van der Waals surface area contributed by atoms with Gasteiger partial charge in [0.2, 0.25) is 0 Å². The molecule has 1 N–H and O–H groups in total. The topological polar surface area (TPSA) is 98.5 Å². The highest BCUT2D eigenvalue weighted by molar-refractivity contribution is 7.92. The molecular weight excluding hydrogens is 365 g/mol. The van der Waals surface area contributed by atoms with Crippen molar-refractivity contribution in [1.82, 2.24) is 0 Å². The summed E-state index contributed by atoms with van der Waals surface area (Å²) in [6.45, 7) is 0. The second-order valence-corrected chi connectivity index (χ2v) is 6.42. The average molecular weight is 376 g/mol. The van der Waals surface area contributed by atoms with Crippen LogP contribution in [0.15, 0.2) is 47.4 Å². The predicted molar refractivity (Wildman–Crippen MR) is 81.9 cm³/mol. The van der Waals surface area contributed by atoms with Crippen LogP contribution in [0.5, 0.6) is 5.75 Å². The molecule has 134 valence electrons. The maximum Gasteiger partial charge on any atom is 0.416 e. The van der Waals surface area contributed by atoms with Gasteiger partial charge in [0, 0.05) is 5.69 Å². The average Bonchev–Trinajstić information content (AvgIpc) is 2.53. The number of alkyl halides is 3. The van der Waals surface area contributed by atoms with Crippen molar-refractivity contribution in [1.29, 1.82) is 0 Å². The minimum atomic E-state index is -4.56. The second kappa shape index (κ2) is 6.59. The molecule has 0 aliphatic carbocycles. The summed E-state index contributed by atoms with van der Waals surface area (Å²) in [4.78, 5) is 9.54. The van der Waals surface area contributed by atoms with Gasteiger partial charge in [-0.25, -0.2) is 8.42 Å². The third-order valence-electron chi connectivity index (χ3n) is 3.12. The molecule has 0 bridgehead atoms. The van der Waals surface area contributed by atoms with Crippen molar-refractivity contribution in [3.63, 3.8) is 0 Å². The largest absolute Gasteiger partial charge is 0.497 e. The number of hydrogen-bond donors (Lipinski definition) is 1. The van der Waals surface area contributed by atoms with E-state index in [1.54, 1.807) is 0 Å². The summed E-state index contributed by atoms with van der Waals surface area (Å²) in [7, 11) is -3.13. The Balaban J connectivity index is 2.38. The van der Waals surface area contributed by atoms with Crippen molar-refractivity contribution < 1.29 is 31.2 Å². The van der Waals surface area contributed by atoms with Crippen molar-refractivity contribution in [3.05, 3.63) is 58.1 Å². The third kappa shape index (κ3) is 4.18. The molecule has 0 amide bonds. The van der Waals surface area contributed by atoms with Crippen LogP contribution >= 0.6 is 0 Å². The zero-order valence-electron chi connectivity index (χ0n) is 12.6. The highest BCUT2D eigenvalue weighted by Crippen LogP contribution is 2.32. The molecule has 2 rings (SSSR count). The number of nitrogens with one attached hydrogen (secondary N) is 1. The Bertz CT molecular complexity index is 896. The summed E-state index contributed by atoms with van der Waals surface area (Å²) in [6.07, 6.45) is -4.56. The van der Waals surface area contributed by atoms with Crippen LogP contribution in [0, 0.1) is 10.1 Å². The fraction of sp³-hybridized carbons (Fsp3) is 0.143. The number of anilines is 1. The van der Waals surface area contributed by atoms with Crippen molar-refractivity contribution in [2.75, 3.05) is 11.8 Å². The van der Waals surface area contributed by atoms with Gasteiger partial charge in [0.25, 0.3) is 15.7 Å². The van der Waals surface area contributed by atoms with Gasteiger partial charge in [-0.2, -0.15) is 13.2 Å². The molecule has 0 fully saturated rings. The molecule has 0 saturated heterocycles. The molecule has 25 heavy (non-hydrogen) atoms. The molecule has 0 saturated carbocycles. The van der Waals surface area contributed by atoms with E-state index in [0.29, 0.717) is 12.1 Å². The van der Waals surface area contributed by atoms with Gasteiger partial charge in [0.05, 0.1) is 23.7 Å². The highest BCUT2D eigenvalue weighted by Gasteiger charge is 2.31. The van der Waals surface area contributed by atoms with E-state index in [1.807, 2.05) is 4.72 Å². The van der Waals surface area contributed by atoms with Gasteiger partial charge in [-0.15, -0.1) is 0 Å². The van der Waals surface area contributed by atoms with Crippen LogP contribution in [0.25, 0.3) is 0 Å². The zero-order valence-corrected chi connectivity index (χ0v) is 13.4. The van der Waals surface area contributed by atoms with E-state index in [1.165, 1.54) is 13.2 Å². The molecule has 2 aromatic rings. The van der Waals surface area contributed by atoms with Gasteiger partial charge in [0.15, 0.2) is 4.90 Å². The van der Waals surface area contributed by atoms with Crippen molar-refractivity contribution in [2.24, 2.45) is 0 Å². The number of hydrogen-bond acceptors (Lipinski definition) is 5. The van der Waals surface area contributed by atoms with Crippen molar-refractivity contribution >= 4 is 21.4 Å². The van der Waals surface area contributed by atoms with E-state index in [2.05, 4.69) is 0 Å². The Kier molecular flexibility index (Phi) is 4.88. The fourth-order valence-corrected chi connectivity index (χ4v) is 3.14. The molecule has 11 heteroatoms. The first-order valence-electron chi connectivity index (χ1n) is 6.57. The van der Waals surface area contributed by atoms with Gasteiger partial charge < -0.3 is 4.74 Å². The lowest BCUT2D eigenvalue weighted by Gasteiger charge is -2.11. The molecule has 0 heterocycles. The van der Waals surface area contributed by atoms with Crippen LogP contribution in [0.2, 0.25) is 0 Å². The first kappa shape index (κ1) is 18.5. The number of benzene rings is 2. The van der Waals surface area contributed by atoms with E-state index in [0.717, 1.165) is 24.3 Å². The Morgan fingerprint density at radius 2 is 1.72 bits per heavy atom. The standard InChI is InChI=1S/C14H11F3N2O5S/c1-24-11-6-7-13(12(8-11)19(20)21)25(22,23)18-10-4-2-9(3-5-10)14(15,16)17/h2-8,18H,1H3. The van der Waals surface area contributed by atoms with Gasteiger partial charge in [-0.05, 0) is 36.4 Å². The van der Waals surface area contributed by atoms with E-state index in [-0.39, 0.29) is 11.4 Å². The molecule has 0 aromatic heterocycles. The maximum atomic E-state index is 12.5. The van der Waals surface area contributed by atoms with E-state index in [4.69, 9.17) is 4.74 Å². The molecule has 0 spiro atoms. The normalized spacial score (nSPS) is 11.8. The molecular formula is C14H11F3N2O5S. The summed E-state index contributed by atoms with van der Waals surface area (Å²) in [5, 5.41) is 11.1. The Hall–Kier alpha value is -2.82. The van der Waals surface area contributed by atoms with Crippen LogP contribution in [0.1, 0.15) is 5.56 Å². The monoisotopic (exact) mass is 376 g/mol. The number of nitro benzene ring substituents is 1. The smallest absolute Gasteiger partial charge is 0.416 e. The SMILES string of the molecule is COc1ccc(S(=O)(=O)Nc2ccc(C(F)(F)F)cc2)c([N+](=O)[O-])c1. The van der Waals surface area contributed by atoms with E-state index < -0.39 is 37.3 Å². The number of ether oxygens (including phenoxy) is 1. The quantitative estimate of drug-likeness (QED) is 0.637. The van der Waals surface area contributed by atoms with Crippen molar-refractivity contribution in [3.8, 4) is 5.75 Å². The molecule has 2 aromatic carbocycles. The lowest BCUT2D eigenvalue weighted by atomic mass is 10.2. The minimum absolute atomic E-state index is 0.0835. The van der Waals surface area contributed by atoms with E-state index in [9.17, 15) is 31.7 Å². The van der Waals surface area contributed by atoms with Crippen LogP contribution in [0.4, 0.5) is 24.5 Å². The minimum Gasteiger partial charge on any atom is -0.497 e. The fourth-order valence-electron chi connectivity index (χ4n) is 1.93. The molecule has 0 atom stereocenters. The van der Waals surface area contributed by atoms with Crippen molar-refractivity contribution in [2.45, 2.75) is 11.1 Å². The number of methoxy groups -OCH3 is 1. The molecule has 7 nitrogen and oxygen atoms in total. The Labute approximate surface area is 140 Å². The highest BCUT2D eigenvalue weighted by atomic mass is 32.2. The van der Waals surface area contributed by atoms with Crippen LogP contribution in [-0.4, -0.2) is 20.5 Å². The van der Waals surface area contributed by atoms with Gasteiger partial charge >= 0.3 is 6.18 Å². The van der Waals surface area contributed by atoms with Gasteiger partial charge in [-0.3, -0.25) is 14.8 Å². The summed E-state index contributed by atoms with van der Waals surface area (Å²) in [5.74, 6) is 0.0835. The zero-order chi connectivity index (χ0) is 18.8. The number of halogens is 3. The summed E-state index contributed by atoms with van der Waals surface area (Å²) in [5.41, 5.74) is -1.84.